The third-order valence-electron chi connectivity index (χ3n) is 2.33. The summed E-state index contributed by atoms with van der Waals surface area (Å²) >= 11 is 0. The van der Waals surface area contributed by atoms with E-state index in [2.05, 4.69) is 21.9 Å². The number of alkyl halides is 3. The normalized spacial score (nSPS) is 11.2. The SMILES string of the molecule is CC(C)(C)OC(=O)NCCC#Cc1cc(O)ccc1OC(F)(F)F. The van der Waals surface area contributed by atoms with E-state index in [1.165, 1.54) is 0 Å². The van der Waals surface area contributed by atoms with E-state index >= 15 is 0 Å². The molecule has 0 fully saturated rings. The maximum atomic E-state index is 12.3. The molecular formula is C16H18F3NO4. The number of phenolic OH excluding ortho intramolecular Hbond substituents is 1. The van der Waals surface area contributed by atoms with Crippen LogP contribution in [0.2, 0.25) is 0 Å². The molecule has 1 amide bonds. The molecule has 0 aromatic heterocycles. The molecular weight excluding hydrogens is 327 g/mol. The highest BCUT2D eigenvalue weighted by atomic mass is 19.4. The topological polar surface area (TPSA) is 67.8 Å². The summed E-state index contributed by atoms with van der Waals surface area (Å²) in [6, 6.07) is 3.11. The van der Waals surface area contributed by atoms with E-state index in [9.17, 15) is 23.1 Å². The molecule has 2 N–H and O–H groups in total. The van der Waals surface area contributed by atoms with Gasteiger partial charge in [-0.05, 0) is 39.0 Å². The monoisotopic (exact) mass is 345 g/mol. The van der Waals surface area contributed by atoms with Gasteiger partial charge in [0.2, 0.25) is 0 Å². The van der Waals surface area contributed by atoms with Gasteiger partial charge in [0, 0.05) is 13.0 Å². The zero-order chi connectivity index (χ0) is 18.4. The van der Waals surface area contributed by atoms with Crippen LogP contribution in [-0.4, -0.2) is 29.7 Å². The molecule has 1 aromatic carbocycles. The predicted octanol–water partition coefficient (Wildman–Crippen LogP) is 3.56. The number of carbonyl (C=O) groups excluding carboxylic acids is 1. The standard InChI is InChI=1S/C16H18F3NO4/c1-15(2,3)24-14(22)20-9-5-4-6-11-10-12(21)7-8-13(11)23-16(17,18)19/h7-8,10,21H,5,9H2,1-3H3,(H,20,22). The Morgan fingerprint density at radius 2 is 1.96 bits per heavy atom. The van der Waals surface area contributed by atoms with Gasteiger partial charge in [0.25, 0.3) is 0 Å². The highest BCUT2D eigenvalue weighted by Gasteiger charge is 2.32. The lowest BCUT2D eigenvalue weighted by Gasteiger charge is -2.19. The van der Waals surface area contributed by atoms with Gasteiger partial charge in [-0.3, -0.25) is 0 Å². The Hall–Kier alpha value is -2.56. The molecule has 0 atom stereocenters. The minimum Gasteiger partial charge on any atom is -0.508 e. The first kappa shape index (κ1) is 19.5. The number of carbonyl (C=O) groups is 1. The molecule has 0 aliphatic rings. The van der Waals surface area contributed by atoms with E-state index in [0.717, 1.165) is 18.2 Å². The minimum atomic E-state index is -4.86. The summed E-state index contributed by atoms with van der Waals surface area (Å²) in [6.45, 7) is 5.32. The number of halogens is 3. The summed E-state index contributed by atoms with van der Waals surface area (Å²) in [5.41, 5.74) is -0.731. The third-order valence-corrected chi connectivity index (χ3v) is 2.33. The van der Waals surface area contributed by atoms with E-state index < -0.39 is 23.8 Å². The summed E-state index contributed by atoms with van der Waals surface area (Å²) < 4.78 is 45.7. The number of hydrogen-bond donors (Lipinski definition) is 2. The van der Waals surface area contributed by atoms with Crippen LogP contribution in [0, 0.1) is 11.8 Å². The van der Waals surface area contributed by atoms with Crippen molar-refractivity contribution in [3.8, 4) is 23.3 Å². The fraction of sp³-hybridized carbons (Fsp3) is 0.438. The first-order valence-corrected chi connectivity index (χ1v) is 7.01. The van der Waals surface area contributed by atoms with Crippen LogP contribution < -0.4 is 10.1 Å². The molecule has 8 heteroatoms. The minimum absolute atomic E-state index is 0.107. The van der Waals surface area contributed by atoms with Crippen molar-refractivity contribution in [2.75, 3.05) is 6.54 Å². The molecule has 0 aliphatic heterocycles. The Kier molecular flexibility index (Phi) is 6.35. The Morgan fingerprint density at radius 1 is 1.29 bits per heavy atom. The number of ether oxygens (including phenoxy) is 2. The number of nitrogens with one attached hydrogen (secondary N) is 1. The van der Waals surface area contributed by atoms with Crippen molar-refractivity contribution >= 4 is 6.09 Å². The lowest BCUT2D eigenvalue weighted by Crippen LogP contribution is -2.32. The van der Waals surface area contributed by atoms with Crippen molar-refractivity contribution in [3.63, 3.8) is 0 Å². The summed E-state index contributed by atoms with van der Waals surface area (Å²) in [5.74, 6) is 4.32. The fourth-order valence-corrected chi connectivity index (χ4v) is 1.53. The molecule has 1 rings (SSSR count). The zero-order valence-corrected chi connectivity index (χ0v) is 13.5. The fourth-order valence-electron chi connectivity index (χ4n) is 1.53. The average molecular weight is 345 g/mol. The van der Waals surface area contributed by atoms with Crippen molar-refractivity contribution in [2.45, 2.75) is 39.2 Å². The van der Waals surface area contributed by atoms with E-state index in [1.807, 2.05) is 0 Å². The highest BCUT2D eigenvalue weighted by molar-refractivity contribution is 5.67. The Morgan fingerprint density at radius 3 is 2.54 bits per heavy atom. The van der Waals surface area contributed by atoms with Gasteiger partial charge < -0.3 is 19.9 Å². The highest BCUT2D eigenvalue weighted by Crippen LogP contribution is 2.28. The van der Waals surface area contributed by atoms with Crippen molar-refractivity contribution in [3.05, 3.63) is 23.8 Å². The van der Waals surface area contributed by atoms with E-state index in [4.69, 9.17) is 4.74 Å². The van der Waals surface area contributed by atoms with Crippen LogP contribution >= 0.6 is 0 Å². The Bertz CT molecular complexity index is 639. The molecule has 1 aromatic rings. The second kappa shape index (κ2) is 7.81. The number of amides is 1. The molecule has 0 aliphatic carbocycles. The molecule has 0 heterocycles. The first-order valence-electron chi connectivity index (χ1n) is 7.01. The van der Waals surface area contributed by atoms with Crippen molar-refractivity contribution < 1.29 is 32.5 Å². The van der Waals surface area contributed by atoms with Gasteiger partial charge >= 0.3 is 12.5 Å². The lowest BCUT2D eigenvalue weighted by molar-refractivity contribution is -0.274. The average Bonchev–Trinajstić information content (AvgIpc) is 2.37. The largest absolute Gasteiger partial charge is 0.573 e. The van der Waals surface area contributed by atoms with Gasteiger partial charge in [0.1, 0.15) is 17.1 Å². The summed E-state index contributed by atoms with van der Waals surface area (Å²) in [6.07, 6.45) is -5.28. The maximum Gasteiger partial charge on any atom is 0.573 e. The number of hydrogen-bond acceptors (Lipinski definition) is 4. The first-order chi connectivity index (χ1) is 11.0. The predicted molar refractivity (Wildman–Crippen MR) is 80.5 cm³/mol. The van der Waals surface area contributed by atoms with Crippen molar-refractivity contribution in [2.24, 2.45) is 0 Å². The molecule has 132 valence electrons. The maximum absolute atomic E-state index is 12.3. The number of phenols is 1. The molecule has 0 unspecified atom stereocenters. The zero-order valence-electron chi connectivity index (χ0n) is 13.5. The molecule has 0 radical (unpaired) electrons. The Labute approximate surface area is 137 Å². The molecule has 5 nitrogen and oxygen atoms in total. The van der Waals surface area contributed by atoms with Gasteiger partial charge in [0.05, 0.1) is 5.56 Å². The molecule has 0 saturated heterocycles. The van der Waals surface area contributed by atoms with Gasteiger partial charge in [-0.1, -0.05) is 11.8 Å². The number of benzene rings is 1. The second-order valence-electron chi connectivity index (χ2n) is 5.71. The van der Waals surface area contributed by atoms with Crippen LogP contribution in [0.15, 0.2) is 18.2 Å². The lowest BCUT2D eigenvalue weighted by atomic mass is 10.2. The van der Waals surface area contributed by atoms with Crippen LogP contribution in [0.3, 0.4) is 0 Å². The van der Waals surface area contributed by atoms with Gasteiger partial charge in [-0.25, -0.2) is 4.79 Å². The van der Waals surface area contributed by atoms with Crippen LogP contribution in [-0.2, 0) is 4.74 Å². The number of rotatable bonds is 3. The van der Waals surface area contributed by atoms with Gasteiger partial charge in [-0.2, -0.15) is 0 Å². The Balaban J connectivity index is 2.63. The van der Waals surface area contributed by atoms with Crippen LogP contribution in [0.1, 0.15) is 32.8 Å². The van der Waals surface area contributed by atoms with Crippen LogP contribution in [0.4, 0.5) is 18.0 Å². The van der Waals surface area contributed by atoms with Crippen molar-refractivity contribution in [1.29, 1.82) is 0 Å². The number of aromatic hydroxyl groups is 1. The van der Waals surface area contributed by atoms with E-state index in [1.54, 1.807) is 20.8 Å². The van der Waals surface area contributed by atoms with Crippen LogP contribution in [0.25, 0.3) is 0 Å². The van der Waals surface area contributed by atoms with Crippen LogP contribution in [0.5, 0.6) is 11.5 Å². The third kappa shape index (κ3) is 8.17. The van der Waals surface area contributed by atoms with Gasteiger partial charge in [-0.15, -0.1) is 13.2 Å². The molecule has 0 bridgehead atoms. The molecule has 24 heavy (non-hydrogen) atoms. The van der Waals surface area contributed by atoms with Gasteiger partial charge in [0.15, 0.2) is 0 Å². The summed E-state index contributed by atoms with van der Waals surface area (Å²) in [4.78, 5) is 11.4. The quantitative estimate of drug-likeness (QED) is 0.649. The second-order valence-corrected chi connectivity index (χ2v) is 5.71. The molecule has 0 saturated carbocycles. The van der Waals surface area contributed by atoms with E-state index in [0.29, 0.717) is 0 Å². The number of alkyl carbamates (subject to hydrolysis) is 1. The smallest absolute Gasteiger partial charge is 0.508 e. The molecule has 0 spiro atoms. The summed E-state index contributed by atoms with van der Waals surface area (Å²) in [5, 5.41) is 11.8. The van der Waals surface area contributed by atoms with Crippen molar-refractivity contribution in [1.82, 2.24) is 5.32 Å². The summed E-state index contributed by atoms with van der Waals surface area (Å²) in [7, 11) is 0. The van der Waals surface area contributed by atoms with E-state index in [-0.39, 0.29) is 24.3 Å².